The fraction of sp³-hybridized carbons (Fsp3) is 0.636. The summed E-state index contributed by atoms with van der Waals surface area (Å²) >= 11 is 0. The fourth-order valence-electron chi connectivity index (χ4n) is 1.77. The lowest BCUT2D eigenvalue weighted by atomic mass is 9.89. The molecule has 1 heterocycles. The molecular weight excluding hydrogens is 194 g/mol. The number of nitrogens with one attached hydrogen (secondary N) is 1. The number of aliphatic hydroxyl groups is 1. The molecule has 1 fully saturated rings. The molecular formula is C11H17NO3. The Bertz CT molecular complexity index is 305. The standard InChI is InChI=1S/C11H17NO3/c1-14-11-4-8(5-11)12-6-9-2-3-10(7-13)15-9/h2-3,8,11-13H,4-7H2,1H3. The molecule has 84 valence electrons. The van der Waals surface area contributed by atoms with Crippen LogP contribution in [0.4, 0.5) is 0 Å². The molecule has 15 heavy (non-hydrogen) atoms. The second-order valence-electron chi connectivity index (χ2n) is 3.93. The van der Waals surface area contributed by atoms with Crippen LogP contribution >= 0.6 is 0 Å². The third-order valence-corrected chi connectivity index (χ3v) is 2.87. The van der Waals surface area contributed by atoms with E-state index in [2.05, 4.69) is 5.32 Å². The molecule has 1 aromatic rings. The monoisotopic (exact) mass is 211 g/mol. The highest BCUT2D eigenvalue weighted by atomic mass is 16.5. The van der Waals surface area contributed by atoms with E-state index in [0.29, 0.717) is 17.9 Å². The van der Waals surface area contributed by atoms with Gasteiger partial charge in [-0.05, 0) is 25.0 Å². The summed E-state index contributed by atoms with van der Waals surface area (Å²) in [4.78, 5) is 0. The topological polar surface area (TPSA) is 54.6 Å². The first-order valence-corrected chi connectivity index (χ1v) is 5.26. The van der Waals surface area contributed by atoms with Crippen molar-refractivity contribution in [2.45, 2.75) is 38.1 Å². The molecule has 1 saturated carbocycles. The molecule has 0 bridgehead atoms. The van der Waals surface area contributed by atoms with Gasteiger partial charge in [-0.3, -0.25) is 0 Å². The van der Waals surface area contributed by atoms with Gasteiger partial charge in [-0.25, -0.2) is 0 Å². The van der Waals surface area contributed by atoms with E-state index in [1.54, 1.807) is 13.2 Å². The van der Waals surface area contributed by atoms with Crippen LogP contribution in [0.2, 0.25) is 0 Å². The van der Waals surface area contributed by atoms with E-state index in [0.717, 1.165) is 25.1 Å². The summed E-state index contributed by atoms with van der Waals surface area (Å²) in [6.45, 7) is 0.691. The van der Waals surface area contributed by atoms with Gasteiger partial charge in [-0.15, -0.1) is 0 Å². The molecule has 4 nitrogen and oxygen atoms in total. The maximum atomic E-state index is 8.82. The van der Waals surface area contributed by atoms with Crippen molar-refractivity contribution in [2.24, 2.45) is 0 Å². The zero-order valence-electron chi connectivity index (χ0n) is 8.90. The van der Waals surface area contributed by atoms with Crippen molar-refractivity contribution in [3.05, 3.63) is 23.7 Å². The number of aliphatic hydroxyl groups excluding tert-OH is 1. The third-order valence-electron chi connectivity index (χ3n) is 2.87. The molecule has 0 spiro atoms. The van der Waals surface area contributed by atoms with Crippen molar-refractivity contribution in [1.82, 2.24) is 5.32 Å². The smallest absolute Gasteiger partial charge is 0.129 e. The largest absolute Gasteiger partial charge is 0.462 e. The number of hydrogen-bond donors (Lipinski definition) is 2. The predicted octanol–water partition coefficient (Wildman–Crippen LogP) is 1.04. The lowest BCUT2D eigenvalue weighted by molar-refractivity contribution is 0.0165. The molecule has 0 unspecified atom stereocenters. The minimum atomic E-state index is -0.0326. The summed E-state index contributed by atoms with van der Waals surface area (Å²) < 4.78 is 10.6. The third kappa shape index (κ3) is 2.59. The van der Waals surface area contributed by atoms with E-state index < -0.39 is 0 Å². The van der Waals surface area contributed by atoms with E-state index in [-0.39, 0.29) is 6.61 Å². The first-order valence-electron chi connectivity index (χ1n) is 5.26. The summed E-state index contributed by atoms with van der Waals surface area (Å²) in [6, 6.07) is 4.23. The molecule has 2 rings (SSSR count). The second kappa shape index (κ2) is 4.79. The van der Waals surface area contributed by atoms with Crippen molar-refractivity contribution < 1.29 is 14.3 Å². The first-order chi connectivity index (χ1) is 7.31. The predicted molar refractivity (Wildman–Crippen MR) is 55.3 cm³/mol. The number of methoxy groups -OCH3 is 1. The average molecular weight is 211 g/mol. The number of furan rings is 1. The van der Waals surface area contributed by atoms with Crippen LogP contribution in [0.1, 0.15) is 24.4 Å². The van der Waals surface area contributed by atoms with Crippen LogP contribution in [0.5, 0.6) is 0 Å². The van der Waals surface area contributed by atoms with Crippen molar-refractivity contribution >= 4 is 0 Å². The van der Waals surface area contributed by atoms with E-state index in [1.165, 1.54) is 0 Å². The summed E-state index contributed by atoms with van der Waals surface area (Å²) in [6.07, 6.45) is 2.57. The Labute approximate surface area is 89.2 Å². The van der Waals surface area contributed by atoms with Gasteiger partial charge >= 0.3 is 0 Å². The lowest BCUT2D eigenvalue weighted by Crippen LogP contribution is -2.44. The minimum absolute atomic E-state index is 0.0326. The number of hydrogen-bond acceptors (Lipinski definition) is 4. The first kappa shape index (κ1) is 10.7. The van der Waals surface area contributed by atoms with Gasteiger partial charge in [0.05, 0.1) is 12.6 Å². The van der Waals surface area contributed by atoms with E-state index in [9.17, 15) is 0 Å². The highest BCUT2D eigenvalue weighted by molar-refractivity contribution is 5.06. The van der Waals surface area contributed by atoms with Crippen LogP contribution in [0.3, 0.4) is 0 Å². The minimum Gasteiger partial charge on any atom is -0.462 e. The fourth-order valence-corrected chi connectivity index (χ4v) is 1.77. The van der Waals surface area contributed by atoms with Gasteiger partial charge in [0.1, 0.15) is 18.1 Å². The SMILES string of the molecule is COC1CC(NCc2ccc(CO)o2)C1. The second-order valence-corrected chi connectivity index (χ2v) is 3.93. The molecule has 0 aliphatic heterocycles. The highest BCUT2D eigenvalue weighted by Gasteiger charge is 2.28. The Morgan fingerprint density at radius 3 is 2.80 bits per heavy atom. The van der Waals surface area contributed by atoms with E-state index in [1.807, 2.05) is 6.07 Å². The Balaban J connectivity index is 1.70. The molecule has 1 aliphatic carbocycles. The van der Waals surface area contributed by atoms with Gasteiger partial charge < -0.3 is 19.6 Å². The van der Waals surface area contributed by atoms with E-state index >= 15 is 0 Å². The highest BCUT2D eigenvalue weighted by Crippen LogP contribution is 2.22. The Morgan fingerprint density at radius 2 is 2.20 bits per heavy atom. The van der Waals surface area contributed by atoms with Crippen LogP contribution in [-0.2, 0) is 17.9 Å². The average Bonchev–Trinajstić information content (AvgIpc) is 2.64. The van der Waals surface area contributed by atoms with Crippen molar-refractivity contribution in [3.8, 4) is 0 Å². The van der Waals surface area contributed by atoms with Gasteiger partial charge in [-0.2, -0.15) is 0 Å². The molecule has 0 radical (unpaired) electrons. The van der Waals surface area contributed by atoms with Crippen LogP contribution in [-0.4, -0.2) is 24.4 Å². The van der Waals surface area contributed by atoms with Gasteiger partial charge in [0, 0.05) is 13.2 Å². The quantitative estimate of drug-likeness (QED) is 0.764. The van der Waals surface area contributed by atoms with Crippen molar-refractivity contribution in [2.75, 3.05) is 7.11 Å². The zero-order valence-corrected chi connectivity index (χ0v) is 8.90. The Morgan fingerprint density at radius 1 is 1.47 bits per heavy atom. The molecule has 4 heteroatoms. The molecule has 0 atom stereocenters. The van der Waals surface area contributed by atoms with Gasteiger partial charge in [-0.1, -0.05) is 0 Å². The molecule has 2 N–H and O–H groups in total. The van der Waals surface area contributed by atoms with Crippen LogP contribution in [0.25, 0.3) is 0 Å². The molecule has 1 aliphatic rings. The van der Waals surface area contributed by atoms with Gasteiger partial charge in [0.2, 0.25) is 0 Å². The Kier molecular flexibility index (Phi) is 3.41. The summed E-state index contributed by atoms with van der Waals surface area (Å²) in [5, 5.41) is 12.2. The van der Waals surface area contributed by atoms with E-state index in [4.69, 9.17) is 14.3 Å². The molecule has 1 aromatic heterocycles. The summed E-state index contributed by atoms with van der Waals surface area (Å²) in [5.74, 6) is 1.50. The molecule has 0 saturated heterocycles. The molecule has 0 aromatic carbocycles. The zero-order chi connectivity index (χ0) is 10.7. The maximum absolute atomic E-state index is 8.82. The Hall–Kier alpha value is -0.840. The summed E-state index contributed by atoms with van der Waals surface area (Å²) in [5.41, 5.74) is 0. The maximum Gasteiger partial charge on any atom is 0.129 e. The van der Waals surface area contributed by atoms with Crippen LogP contribution < -0.4 is 5.32 Å². The number of rotatable bonds is 5. The number of ether oxygens (including phenoxy) is 1. The van der Waals surface area contributed by atoms with Gasteiger partial charge in [0.25, 0.3) is 0 Å². The van der Waals surface area contributed by atoms with Gasteiger partial charge in [0.15, 0.2) is 0 Å². The van der Waals surface area contributed by atoms with Crippen LogP contribution in [0, 0.1) is 0 Å². The summed E-state index contributed by atoms with van der Waals surface area (Å²) in [7, 11) is 1.75. The van der Waals surface area contributed by atoms with Crippen molar-refractivity contribution in [1.29, 1.82) is 0 Å². The molecule has 0 amide bonds. The van der Waals surface area contributed by atoms with Crippen molar-refractivity contribution in [3.63, 3.8) is 0 Å². The lowest BCUT2D eigenvalue weighted by Gasteiger charge is -2.34. The normalized spacial score (nSPS) is 25.2. The van der Waals surface area contributed by atoms with Crippen LogP contribution in [0.15, 0.2) is 16.5 Å².